The van der Waals surface area contributed by atoms with Crippen molar-refractivity contribution >= 4 is 5.97 Å². The zero-order valence-corrected chi connectivity index (χ0v) is 12.1. The van der Waals surface area contributed by atoms with E-state index in [1.165, 1.54) is 0 Å². The summed E-state index contributed by atoms with van der Waals surface area (Å²) in [5, 5.41) is 31.1. The molecule has 0 amide bonds. The average molecular weight is 291 g/mol. The number of carbonyl (C=O) groups is 1. The molecule has 0 heterocycles. The Kier molecular flexibility index (Phi) is 10.1. The van der Waals surface area contributed by atoms with Gasteiger partial charge in [-0.25, -0.2) is 0 Å². The van der Waals surface area contributed by atoms with Gasteiger partial charge in [-0.05, 0) is 25.2 Å². The van der Waals surface area contributed by atoms with E-state index in [1.807, 2.05) is 0 Å². The Hall–Kier alpha value is -1.05. The molecule has 0 radical (unpaired) electrons. The summed E-state index contributed by atoms with van der Waals surface area (Å²) in [4.78, 5) is 21.9. The third-order valence-electron chi connectivity index (χ3n) is 3.27. The summed E-state index contributed by atoms with van der Waals surface area (Å²) in [6.07, 6.45) is -0.576. The molecule has 7 heteroatoms. The summed E-state index contributed by atoms with van der Waals surface area (Å²) in [6, 6.07) is -1.03. The number of nitrogens with zero attached hydrogens (tertiary/aromatic N) is 1. The van der Waals surface area contributed by atoms with Crippen molar-refractivity contribution in [3.63, 3.8) is 0 Å². The van der Waals surface area contributed by atoms with Crippen molar-refractivity contribution in [1.82, 2.24) is 0 Å². The first kappa shape index (κ1) is 18.9. The summed E-state index contributed by atoms with van der Waals surface area (Å²) in [7, 11) is 0. The van der Waals surface area contributed by atoms with Crippen LogP contribution in [0.2, 0.25) is 0 Å². The molecule has 20 heavy (non-hydrogen) atoms. The van der Waals surface area contributed by atoms with Crippen LogP contribution in [0.15, 0.2) is 5.18 Å². The molecule has 0 fully saturated rings. The van der Waals surface area contributed by atoms with Crippen molar-refractivity contribution in [3.8, 4) is 0 Å². The Balaban J connectivity index is 4.60. The van der Waals surface area contributed by atoms with Crippen molar-refractivity contribution in [2.45, 2.75) is 57.8 Å². The van der Waals surface area contributed by atoms with Crippen LogP contribution in [0.4, 0.5) is 0 Å². The molecule has 118 valence electrons. The maximum Gasteiger partial charge on any atom is 0.305 e. The maximum absolute atomic E-state index is 11.1. The quantitative estimate of drug-likeness (QED) is 0.379. The molecular weight excluding hydrogens is 266 g/mol. The first-order chi connectivity index (χ1) is 9.49. The maximum atomic E-state index is 11.1. The zero-order chi connectivity index (χ0) is 15.5. The Morgan fingerprint density at radius 2 is 1.95 bits per heavy atom. The van der Waals surface area contributed by atoms with Gasteiger partial charge in [0.05, 0.1) is 19.3 Å². The number of ether oxygens (including phenoxy) is 1. The van der Waals surface area contributed by atoms with Crippen molar-refractivity contribution in [2.24, 2.45) is 11.1 Å². The molecule has 3 N–H and O–H groups in total. The number of carbonyl (C=O) groups excluding carboxylic acids is 1. The minimum Gasteiger partial charge on any atom is -0.466 e. The minimum atomic E-state index is -1.27. The monoisotopic (exact) mass is 291 g/mol. The lowest BCUT2D eigenvalue weighted by atomic mass is 9.87. The molecule has 0 aromatic heterocycles. The number of hydrogen-bond acceptors (Lipinski definition) is 7. The fourth-order valence-corrected chi connectivity index (χ4v) is 1.95. The van der Waals surface area contributed by atoms with E-state index in [4.69, 9.17) is 9.84 Å². The number of esters is 1. The van der Waals surface area contributed by atoms with Crippen molar-refractivity contribution in [2.75, 3.05) is 13.2 Å². The minimum absolute atomic E-state index is 0.0952. The van der Waals surface area contributed by atoms with Crippen LogP contribution in [-0.4, -0.2) is 52.8 Å². The van der Waals surface area contributed by atoms with Gasteiger partial charge < -0.3 is 20.1 Å². The second-order valence-corrected chi connectivity index (χ2v) is 4.77. The Bertz CT molecular complexity index is 286. The van der Waals surface area contributed by atoms with Gasteiger partial charge in [-0.3, -0.25) is 4.79 Å². The first-order valence-electron chi connectivity index (χ1n) is 6.95. The highest BCUT2D eigenvalue weighted by Crippen LogP contribution is 2.23. The lowest BCUT2D eigenvalue weighted by molar-refractivity contribution is -0.143. The molecule has 0 rings (SSSR count). The zero-order valence-electron chi connectivity index (χ0n) is 12.1. The standard InChI is InChI=1S/C13H25NO6/c1-3-10(16)7-9(5-6-20-12(18)4-2)13(14-19)11(17)8-15/h9-11,13,15-17H,3-8H2,1-2H3. The van der Waals surface area contributed by atoms with E-state index >= 15 is 0 Å². The number of nitroso groups, excluding NO2 is 1. The van der Waals surface area contributed by atoms with E-state index in [1.54, 1.807) is 13.8 Å². The molecule has 0 aliphatic carbocycles. The summed E-state index contributed by atoms with van der Waals surface area (Å²) in [6.45, 7) is 2.98. The van der Waals surface area contributed by atoms with Crippen LogP contribution in [0.1, 0.15) is 39.5 Å². The lowest BCUT2D eigenvalue weighted by Gasteiger charge is -2.26. The topological polar surface area (TPSA) is 116 Å². The summed E-state index contributed by atoms with van der Waals surface area (Å²) in [5.41, 5.74) is 0. The van der Waals surface area contributed by atoms with E-state index in [9.17, 15) is 19.9 Å². The molecule has 4 unspecified atom stereocenters. The Morgan fingerprint density at radius 1 is 1.30 bits per heavy atom. The van der Waals surface area contributed by atoms with Gasteiger partial charge in [-0.1, -0.05) is 19.0 Å². The van der Waals surface area contributed by atoms with Gasteiger partial charge in [-0.15, -0.1) is 0 Å². The number of hydrogen-bond donors (Lipinski definition) is 3. The van der Waals surface area contributed by atoms with E-state index in [0.717, 1.165) is 0 Å². The normalized spacial score (nSPS) is 17.1. The van der Waals surface area contributed by atoms with Gasteiger partial charge in [0.1, 0.15) is 12.1 Å². The van der Waals surface area contributed by atoms with Gasteiger partial charge in [-0.2, -0.15) is 4.91 Å². The lowest BCUT2D eigenvalue weighted by Crippen LogP contribution is -2.36. The molecule has 0 aromatic carbocycles. The predicted molar refractivity (Wildman–Crippen MR) is 72.9 cm³/mol. The Morgan fingerprint density at radius 3 is 2.40 bits per heavy atom. The molecule has 0 aromatic rings. The highest BCUT2D eigenvalue weighted by Gasteiger charge is 2.30. The summed E-state index contributed by atoms with van der Waals surface area (Å²) < 4.78 is 4.94. The number of aliphatic hydroxyl groups excluding tert-OH is 3. The van der Waals surface area contributed by atoms with Crippen LogP contribution in [0.25, 0.3) is 0 Å². The van der Waals surface area contributed by atoms with Crippen molar-refractivity contribution in [1.29, 1.82) is 0 Å². The molecule has 0 aliphatic rings. The van der Waals surface area contributed by atoms with Crippen LogP contribution < -0.4 is 0 Å². The molecule has 0 bridgehead atoms. The second-order valence-electron chi connectivity index (χ2n) is 4.77. The molecular formula is C13H25NO6. The smallest absolute Gasteiger partial charge is 0.305 e. The molecule has 0 saturated heterocycles. The third-order valence-corrected chi connectivity index (χ3v) is 3.27. The predicted octanol–water partition coefficient (Wildman–Crippen LogP) is 0.595. The van der Waals surface area contributed by atoms with E-state index in [0.29, 0.717) is 12.8 Å². The number of rotatable bonds is 11. The van der Waals surface area contributed by atoms with Crippen LogP contribution in [0, 0.1) is 10.8 Å². The van der Waals surface area contributed by atoms with Gasteiger partial charge in [0.25, 0.3) is 0 Å². The number of aliphatic hydroxyl groups is 3. The van der Waals surface area contributed by atoms with Crippen LogP contribution in [-0.2, 0) is 9.53 Å². The van der Waals surface area contributed by atoms with Gasteiger partial charge in [0.2, 0.25) is 0 Å². The first-order valence-corrected chi connectivity index (χ1v) is 6.95. The Labute approximate surface area is 118 Å². The molecule has 0 aliphatic heterocycles. The van der Waals surface area contributed by atoms with Crippen LogP contribution in [0.3, 0.4) is 0 Å². The highest BCUT2D eigenvalue weighted by atomic mass is 16.5. The van der Waals surface area contributed by atoms with Crippen LogP contribution in [0.5, 0.6) is 0 Å². The van der Waals surface area contributed by atoms with Crippen molar-refractivity contribution in [3.05, 3.63) is 4.91 Å². The highest BCUT2D eigenvalue weighted by molar-refractivity contribution is 5.68. The average Bonchev–Trinajstić information content (AvgIpc) is 2.46. The van der Waals surface area contributed by atoms with Gasteiger partial charge in [0, 0.05) is 6.42 Å². The molecule has 4 atom stereocenters. The summed E-state index contributed by atoms with van der Waals surface area (Å²) >= 11 is 0. The van der Waals surface area contributed by atoms with E-state index in [2.05, 4.69) is 5.18 Å². The van der Waals surface area contributed by atoms with Crippen molar-refractivity contribution < 1.29 is 24.9 Å². The van der Waals surface area contributed by atoms with E-state index in [-0.39, 0.29) is 25.4 Å². The summed E-state index contributed by atoms with van der Waals surface area (Å²) in [5.74, 6) is -0.799. The molecule has 0 spiro atoms. The fraction of sp³-hybridized carbons (Fsp3) is 0.923. The molecule has 7 nitrogen and oxygen atoms in total. The fourth-order valence-electron chi connectivity index (χ4n) is 1.95. The van der Waals surface area contributed by atoms with Gasteiger partial charge in [0.15, 0.2) is 0 Å². The SMILES string of the molecule is CCC(=O)OCCC(CC(O)CC)C(N=O)C(O)CO. The van der Waals surface area contributed by atoms with Crippen LogP contribution >= 0.6 is 0 Å². The molecule has 0 saturated carbocycles. The third kappa shape index (κ3) is 6.93. The van der Waals surface area contributed by atoms with E-state index < -0.39 is 30.8 Å². The second kappa shape index (κ2) is 10.7. The van der Waals surface area contributed by atoms with Gasteiger partial charge >= 0.3 is 5.97 Å². The largest absolute Gasteiger partial charge is 0.466 e.